The van der Waals surface area contributed by atoms with Gasteiger partial charge < -0.3 is 0 Å². The van der Waals surface area contributed by atoms with Gasteiger partial charge in [-0.3, -0.25) is 0 Å². The molecule has 0 aliphatic rings. The van der Waals surface area contributed by atoms with Crippen molar-refractivity contribution in [2.45, 2.75) is 99.3 Å². The minimum absolute atomic E-state index is 0.476. The molecule has 0 atom stereocenters. The molecule has 0 amide bonds. The van der Waals surface area contributed by atoms with Crippen molar-refractivity contribution in [3.63, 3.8) is 0 Å². The standard InChI is InChI=1S/C23H40/c1-8-23(7,9-2)18-17-22(5,6)16-10-11-20-12-14-21(15-13-20)19(3)4/h12-15,19H,8-11,16-18H2,1-7H3. The van der Waals surface area contributed by atoms with Gasteiger partial charge in [0.25, 0.3) is 0 Å². The molecule has 1 aromatic rings. The zero-order valence-electron chi connectivity index (χ0n) is 16.8. The highest BCUT2D eigenvalue weighted by Crippen LogP contribution is 2.38. The molecule has 132 valence electrons. The minimum Gasteiger partial charge on any atom is -0.0649 e. The monoisotopic (exact) mass is 316 g/mol. The Morgan fingerprint density at radius 3 is 1.87 bits per heavy atom. The molecule has 0 fully saturated rings. The highest BCUT2D eigenvalue weighted by Gasteiger charge is 2.25. The van der Waals surface area contributed by atoms with Gasteiger partial charge in [-0.1, -0.05) is 85.6 Å². The fraction of sp³-hybridized carbons (Fsp3) is 0.739. The van der Waals surface area contributed by atoms with E-state index in [9.17, 15) is 0 Å². The fourth-order valence-corrected chi connectivity index (χ4v) is 3.21. The maximum atomic E-state index is 2.46. The average molecular weight is 317 g/mol. The van der Waals surface area contributed by atoms with E-state index in [2.05, 4.69) is 72.7 Å². The van der Waals surface area contributed by atoms with Crippen LogP contribution in [0.1, 0.15) is 104 Å². The topological polar surface area (TPSA) is 0 Å². The quantitative estimate of drug-likeness (QED) is 0.413. The van der Waals surface area contributed by atoms with Crippen molar-refractivity contribution >= 4 is 0 Å². The molecule has 0 spiro atoms. The van der Waals surface area contributed by atoms with E-state index in [-0.39, 0.29) is 0 Å². The smallest absolute Gasteiger partial charge is 0.0219 e. The molecule has 0 nitrogen and oxygen atoms in total. The van der Waals surface area contributed by atoms with Crippen molar-refractivity contribution in [2.75, 3.05) is 0 Å². The molecule has 23 heavy (non-hydrogen) atoms. The van der Waals surface area contributed by atoms with Crippen LogP contribution in [0.3, 0.4) is 0 Å². The molecule has 0 heteroatoms. The van der Waals surface area contributed by atoms with Crippen LogP contribution in [0.15, 0.2) is 24.3 Å². The Labute approximate surface area is 146 Å². The predicted octanol–water partition coefficient (Wildman–Crippen LogP) is 7.77. The lowest BCUT2D eigenvalue weighted by atomic mass is 9.73. The van der Waals surface area contributed by atoms with Gasteiger partial charge in [-0.2, -0.15) is 0 Å². The summed E-state index contributed by atoms with van der Waals surface area (Å²) < 4.78 is 0. The molecule has 0 unspecified atom stereocenters. The molecule has 0 bridgehead atoms. The third kappa shape index (κ3) is 7.10. The molecule has 0 saturated heterocycles. The maximum absolute atomic E-state index is 2.46. The molecule has 0 N–H and O–H groups in total. The molecule has 1 rings (SSSR count). The summed E-state index contributed by atoms with van der Waals surface area (Å²) in [5, 5.41) is 0. The maximum Gasteiger partial charge on any atom is -0.0219 e. The first-order chi connectivity index (χ1) is 10.7. The molecule has 0 aliphatic carbocycles. The Kier molecular flexibility index (Phi) is 7.84. The van der Waals surface area contributed by atoms with E-state index < -0.39 is 0 Å². The molecule has 0 saturated carbocycles. The van der Waals surface area contributed by atoms with E-state index in [0.717, 1.165) is 0 Å². The van der Waals surface area contributed by atoms with Crippen LogP contribution in [0, 0.1) is 10.8 Å². The van der Waals surface area contributed by atoms with Gasteiger partial charge in [0.2, 0.25) is 0 Å². The summed E-state index contributed by atoms with van der Waals surface area (Å²) in [4.78, 5) is 0. The van der Waals surface area contributed by atoms with Crippen LogP contribution in [0.2, 0.25) is 0 Å². The van der Waals surface area contributed by atoms with Gasteiger partial charge in [-0.25, -0.2) is 0 Å². The Balaban J connectivity index is 2.41. The van der Waals surface area contributed by atoms with Crippen molar-refractivity contribution in [1.29, 1.82) is 0 Å². The first-order valence-electron chi connectivity index (χ1n) is 9.80. The lowest BCUT2D eigenvalue weighted by Crippen LogP contribution is -2.20. The lowest BCUT2D eigenvalue weighted by Gasteiger charge is -2.32. The van der Waals surface area contributed by atoms with Gasteiger partial charge in [0.15, 0.2) is 0 Å². The second-order valence-corrected chi connectivity index (χ2v) is 8.93. The van der Waals surface area contributed by atoms with E-state index >= 15 is 0 Å². The molecule has 0 aromatic heterocycles. The summed E-state index contributed by atoms with van der Waals surface area (Å²) in [7, 11) is 0. The van der Waals surface area contributed by atoms with Crippen molar-refractivity contribution in [3.05, 3.63) is 35.4 Å². The predicted molar refractivity (Wildman–Crippen MR) is 105 cm³/mol. The van der Waals surface area contributed by atoms with E-state index in [1.165, 1.54) is 56.1 Å². The normalized spacial score (nSPS) is 12.9. The number of rotatable bonds is 10. The first kappa shape index (κ1) is 20.3. The Hall–Kier alpha value is -0.780. The van der Waals surface area contributed by atoms with Crippen molar-refractivity contribution in [2.24, 2.45) is 10.8 Å². The fourth-order valence-electron chi connectivity index (χ4n) is 3.21. The number of hydrogen-bond donors (Lipinski definition) is 0. The van der Waals surface area contributed by atoms with Gasteiger partial charge in [0.05, 0.1) is 0 Å². The summed E-state index contributed by atoms with van der Waals surface area (Å²) in [5.41, 5.74) is 3.97. The van der Waals surface area contributed by atoms with E-state index in [1.54, 1.807) is 0 Å². The summed E-state index contributed by atoms with van der Waals surface area (Å²) >= 11 is 0. The van der Waals surface area contributed by atoms with Crippen LogP contribution in [0.4, 0.5) is 0 Å². The largest absolute Gasteiger partial charge is 0.0649 e. The molecule has 0 radical (unpaired) electrons. The number of benzene rings is 1. The highest BCUT2D eigenvalue weighted by atomic mass is 14.3. The van der Waals surface area contributed by atoms with Gasteiger partial charge >= 0.3 is 0 Å². The van der Waals surface area contributed by atoms with Crippen molar-refractivity contribution < 1.29 is 0 Å². The van der Waals surface area contributed by atoms with E-state index in [0.29, 0.717) is 16.7 Å². The van der Waals surface area contributed by atoms with Crippen molar-refractivity contribution in [1.82, 2.24) is 0 Å². The van der Waals surface area contributed by atoms with Gasteiger partial charge in [0.1, 0.15) is 0 Å². The molecule has 1 aromatic carbocycles. The summed E-state index contributed by atoms with van der Waals surface area (Å²) in [6.07, 6.45) is 9.21. The van der Waals surface area contributed by atoms with Crippen LogP contribution >= 0.6 is 0 Å². The third-order valence-corrected chi connectivity index (χ3v) is 6.08. The summed E-state index contributed by atoms with van der Waals surface area (Å²) in [6.45, 7) is 16.6. The Morgan fingerprint density at radius 2 is 1.39 bits per heavy atom. The van der Waals surface area contributed by atoms with E-state index in [1.807, 2.05) is 0 Å². The molecule has 0 aliphatic heterocycles. The number of hydrogen-bond acceptors (Lipinski definition) is 0. The summed E-state index contributed by atoms with van der Waals surface area (Å²) in [5.74, 6) is 0.634. The minimum atomic E-state index is 0.476. The van der Waals surface area contributed by atoms with Gasteiger partial charge in [0, 0.05) is 0 Å². The number of aryl methyl sites for hydroxylation is 1. The lowest BCUT2D eigenvalue weighted by molar-refractivity contribution is 0.197. The highest BCUT2D eigenvalue weighted by molar-refractivity contribution is 5.24. The van der Waals surface area contributed by atoms with Crippen LogP contribution in [-0.4, -0.2) is 0 Å². The zero-order chi connectivity index (χ0) is 17.5. The van der Waals surface area contributed by atoms with E-state index in [4.69, 9.17) is 0 Å². The molecular formula is C23H40. The second kappa shape index (κ2) is 8.90. The van der Waals surface area contributed by atoms with Gasteiger partial charge in [-0.05, 0) is 60.0 Å². The Bertz CT molecular complexity index is 432. The summed E-state index contributed by atoms with van der Waals surface area (Å²) in [6, 6.07) is 9.26. The SMILES string of the molecule is CCC(C)(CC)CCC(C)(C)CCCc1ccc(C(C)C)cc1. The Morgan fingerprint density at radius 1 is 0.826 bits per heavy atom. The van der Waals surface area contributed by atoms with Crippen molar-refractivity contribution in [3.8, 4) is 0 Å². The zero-order valence-corrected chi connectivity index (χ0v) is 16.8. The van der Waals surface area contributed by atoms with Crippen LogP contribution in [0.25, 0.3) is 0 Å². The van der Waals surface area contributed by atoms with Crippen LogP contribution in [0.5, 0.6) is 0 Å². The third-order valence-electron chi connectivity index (χ3n) is 6.08. The van der Waals surface area contributed by atoms with Crippen LogP contribution in [-0.2, 0) is 6.42 Å². The molecule has 0 heterocycles. The average Bonchev–Trinajstić information content (AvgIpc) is 2.53. The van der Waals surface area contributed by atoms with Gasteiger partial charge in [-0.15, -0.1) is 0 Å². The first-order valence-corrected chi connectivity index (χ1v) is 9.80. The second-order valence-electron chi connectivity index (χ2n) is 8.93. The molecular weight excluding hydrogens is 276 g/mol. The van der Waals surface area contributed by atoms with Crippen LogP contribution < -0.4 is 0 Å².